The van der Waals surface area contributed by atoms with Crippen molar-refractivity contribution in [2.75, 3.05) is 5.32 Å². The minimum absolute atomic E-state index is 0.218. The van der Waals surface area contributed by atoms with Crippen molar-refractivity contribution in [1.82, 2.24) is 10.2 Å². The third-order valence-electron chi connectivity index (χ3n) is 2.47. The van der Waals surface area contributed by atoms with Gasteiger partial charge in [0.25, 0.3) is 11.5 Å². The lowest BCUT2D eigenvalue weighted by Gasteiger charge is -2.07. The number of aryl methyl sites for hydroxylation is 2. The second-order valence-corrected chi connectivity index (χ2v) is 3.94. The van der Waals surface area contributed by atoms with Gasteiger partial charge in [0.2, 0.25) is 0 Å². The molecule has 0 saturated carbocycles. The fourth-order valence-electron chi connectivity index (χ4n) is 1.60. The second-order valence-electron chi connectivity index (χ2n) is 3.94. The summed E-state index contributed by atoms with van der Waals surface area (Å²) in [5, 5.41) is 7.56. The van der Waals surface area contributed by atoms with Crippen molar-refractivity contribution in [2.45, 2.75) is 13.8 Å². The molecule has 0 aliphatic carbocycles. The summed E-state index contributed by atoms with van der Waals surface area (Å²) < 4.78 is 0. The monoisotopic (exact) mass is 231 g/mol. The number of rotatable bonds is 2. The highest BCUT2D eigenvalue weighted by Gasteiger charge is 2.09. The van der Waals surface area contributed by atoms with Crippen LogP contribution in [0, 0.1) is 13.8 Å². The fraction of sp³-hybridized carbons (Fsp3) is 0.167. The van der Waals surface area contributed by atoms with Gasteiger partial charge in [0.05, 0.1) is 0 Å². The number of hydrogen-bond acceptors (Lipinski definition) is 2. The third kappa shape index (κ3) is 2.44. The molecular weight excluding hydrogens is 218 g/mol. The van der Waals surface area contributed by atoms with E-state index in [1.807, 2.05) is 32.0 Å². The van der Waals surface area contributed by atoms with Crippen molar-refractivity contribution < 1.29 is 4.79 Å². The Morgan fingerprint density at radius 1 is 1.18 bits per heavy atom. The quantitative estimate of drug-likeness (QED) is 0.733. The van der Waals surface area contributed by atoms with Gasteiger partial charge < -0.3 is 5.32 Å². The van der Waals surface area contributed by atoms with Crippen LogP contribution in [0.4, 0.5) is 5.69 Å². The summed E-state index contributed by atoms with van der Waals surface area (Å²) in [7, 11) is 0. The van der Waals surface area contributed by atoms with Crippen LogP contribution in [-0.2, 0) is 0 Å². The minimum atomic E-state index is -0.338. The molecule has 2 aromatic rings. The summed E-state index contributed by atoms with van der Waals surface area (Å²) in [5.41, 5.74) is 2.75. The van der Waals surface area contributed by atoms with Gasteiger partial charge >= 0.3 is 0 Å². The summed E-state index contributed by atoms with van der Waals surface area (Å²) in [4.78, 5) is 22.7. The Morgan fingerprint density at radius 3 is 2.53 bits per heavy atom. The summed E-state index contributed by atoms with van der Waals surface area (Å²) >= 11 is 0. The van der Waals surface area contributed by atoms with Crippen LogP contribution in [0.2, 0.25) is 0 Å². The lowest BCUT2D eigenvalue weighted by molar-refractivity contribution is 0.102. The molecule has 0 bridgehead atoms. The Kier molecular flexibility index (Phi) is 2.82. The Labute approximate surface area is 97.9 Å². The molecule has 0 aliphatic rings. The van der Waals surface area contributed by atoms with Crippen LogP contribution in [0.25, 0.3) is 0 Å². The topological polar surface area (TPSA) is 77.8 Å². The van der Waals surface area contributed by atoms with Crippen LogP contribution in [0.1, 0.15) is 21.6 Å². The van der Waals surface area contributed by atoms with E-state index in [9.17, 15) is 9.59 Å². The predicted octanol–water partition coefficient (Wildman–Crippen LogP) is 1.57. The highest BCUT2D eigenvalue weighted by atomic mass is 16.2. The van der Waals surface area contributed by atoms with Crippen molar-refractivity contribution in [3.63, 3.8) is 0 Å². The van der Waals surface area contributed by atoms with E-state index in [0.717, 1.165) is 16.8 Å². The summed E-state index contributed by atoms with van der Waals surface area (Å²) in [6, 6.07) is 6.96. The molecule has 1 amide bonds. The molecule has 17 heavy (non-hydrogen) atoms. The van der Waals surface area contributed by atoms with Crippen LogP contribution in [-0.4, -0.2) is 16.1 Å². The minimum Gasteiger partial charge on any atom is -0.320 e. The van der Waals surface area contributed by atoms with Crippen molar-refractivity contribution >= 4 is 11.6 Å². The number of H-pyrrole nitrogens is 2. The molecule has 1 heterocycles. The molecule has 0 atom stereocenters. The number of carbonyl (C=O) groups is 1. The zero-order valence-electron chi connectivity index (χ0n) is 9.63. The SMILES string of the molecule is Cc1ccc(NC(=O)c2cc(=O)[nH][nH]2)c(C)c1. The molecule has 0 saturated heterocycles. The van der Waals surface area contributed by atoms with E-state index in [2.05, 4.69) is 15.5 Å². The van der Waals surface area contributed by atoms with E-state index >= 15 is 0 Å². The predicted molar refractivity (Wildman–Crippen MR) is 65.3 cm³/mol. The standard InChI is InChI=1S/C12H13N3O2/c1-7-3-4-9(8(2)5-7)13-12(17)10-6-11(16)15-14-10/h3-6H,1-2H3,(H,13,17)(H2,14,15,16). The van der Waals surface area contributed by atoms with Gasteiger partial charge in [0.15, 0.2) is 0 Å². The number of nitrogens with one attached hydrogen (secondary N) is 3. The van der Waals surface area contributed by atoms with Crippen molar-refractivity contribution in [1.29, 1.82) is 0 Å². The van der Waals surface area contributed by atoms with E-state index in [1.54, 1.807) is 0 Å². The average molecular weight is 231 g/mol. The number of hydrogen-bond donors (Lipinski definition) is 3. The number of anilines is 1. The van der Waals surface area contributed by atoms with Crippen LogP contribution in [0.3, 0.4) is 0 Å². The highest BCUT2D eigenvalue weighted by Crippen LogP contribution is 2.16. The van der Waals surface area contributed by atoms with Crippen LogP contribution < -0.4 is 10.9 Å². The molecule has 1 aromatic carbocycles. The Balaban J connectivity index is 2.21. The zero-order chi connectivity index (χ0) is 12.4. The van der Waals surface area contributed by atoms with Crippen LogP contribution >= 0.6 is 0 Å². The Morgan fingerprint density at radius 2 is 1.94 bits per heavy atom. The molecule has 88 valence electrons. The molecule has 2 rings (SSSR count). The first-order valence-corrected chi connectivity index (χ1v) is 5.22. The Bertz CT molecular complexity index is 610. The summed E-state index contributed by atoms with van der Waals surface area (Å²) in [6.45, 7) is 3.91. The highest BCUT2D eigenvalue weighted by molar-refractivity contribution is 6.03. The van der Waals surface area contributed by atoms with Crippen molar-refractivity contribution in [2.24, 2.45) is 0 Å². The van der Waals surface area contributed by atoms with E-state index in [0.29, 0.717) is 0 Å². The molecule has 3 N–H and O–H groups in total. The van der Waals surface area contributed by atoms with E-state index in [-0.39, 0.29) is 17.2 Å². The molecule has 0 fully saturated rings. The van der Waals surface area contributed by atoms with Gasteiger partial charge in [-0.2, -0.15) is 0 Å². The van der Waals surface area contributed by atoms with E-state index in [1.165, 1.54) is 6.07 Å². The molecule has 0 aliphatic heterocycles. The lowest BCUT2D eigenvalue weighted by Crippen LogP contribution is -2.13. The smallest absolute Gasteiger partial charge is 0.273 e. The average Bonchev–Trinajstić information content (AvgIpc) is 2.69. The van der Waals surface area contributed by atoms with Crippen LogP contribution in [0.15, 0.2) is 29.1 Å². The van der Waals surface area contributed by atoms with Gasteiger partial charge in [-0.1, -0.05) is 17.7 Å². The fourth-order valence-corrected chi connectivity index (χ4v) is 1.60. The van der Waals surface area contributed by atoms with Gasteiger partial charge in [-0.15, -0.1) is 0 Å². The lowest BCUT2D eigenvalue weighted by atomic mass is 10.1. The maximum absolute atomic E-state index is 11.8. The third-order valence-corrected chi connectivity index (χ3v) is 2.47. The van der Waals surface area contributed by atoms with Crippen molar-refractivity contribution in [3.05, 3.63) is 51.4 Å². The largest absolute Gasteiger partial charge is 0.320 e. The van der Waals surface area contributed by atoms with Crippen molar-refractivity contribution in [3.8, 4) is 0 Å². The molecule has 1 aromatic heterocycles. The molecule has 5 heteroatoms. The number of aromatic amines is 2. The van der Waals surface area contributed by atoms with E-state index in [4.69, 9.17) is 0 Å². The molecule has 0 unspecified atom stereocenters. The summed E-state index contributed by atoms with van der Waals surface area (Å²) in [6.07, 6.45) is 0. The molecule has 0 radical (unpaired) electrons. The zero-order valence-corrected chi connectivity index (χ0v) is 9.63. The first-order valence-electron chi connectivity index (χ1n) is 5.22. The van der Waals surface area contributed by atoms with Gasteiger partial charge in [-0.3, -0.25) is 19.8 Å². The maximum Gasteiger partial charge on any atom is 0.273 e. The van der Waals surface area contributed by atoms with Gasteiger partial charge in [0.1, 0.15) is 5.69 Å². The normalized spacial score (nSPS) is 10.2. The summed E-state index contributed by atoms with van der Waals surface area (Å²) in [5.74, 6) is -0.338. The van der Waals surface area contributed by atoms with Crippen LogP contribution in [0.5, 0.6) is 0 Å². The second kappa shape index (κ2) is 4.29. The number of amides is 1. The molecule has 5 nitrogen and oxygen atoms in total. The maximum atomic E-state index is 11.8. The number of aromatic nitrogens is 2. The first-order chi connectivity index (χ1) is 8.06. The number of carbonyl (C=O) groups excluding carboxylic acids is 1. The first kappa shape index (κ1) is 11.2. The van der Waals surface area contributed by atoms with Gasteiger partial charge in [0, 0.05) is 11.8 Å². The Hall–Kier alpha value is -2.30. The number of benzene rings is 1. The van der Waals surface area contributed by atoms with Gasteiger partial charge in [-0.25, -0.2) is 0 Å². The molecule has 0 spiro atoms. The molecular formula is C12H13N3O2. The van der Waals surface area contributed by atoms with Gasteiger partial charge in [-0.05, 0) is 25.5 Å². The van der Waals surface area contributed by atoms with E-state index < -0.39 is 0 Å².